The molecule has 3 nitrogen and oxygen atoms in total. The molecule has 1 heterocycles. The van der Waals surface area contributed by atoms with Gasteiger partial charge < -0.3 is 10.6 Å². The maximum atomic E-state index is 12.5. The molecule has 0 bridgehead atoms. The van der Waals surface area contributed by atoms with Gasteiger partial charge in [0, 0.05) is 11.4 Å². The van der Waals surface area contributed by atoms with Gasteiger partial charge in [0.25, 0.3) is 0 Å². The monoisotopic (exact) mass is 308 g/mol. The molecule has 1 unspecified atom stereocenters. The number of nitrogens with two attached hydrogens (primary N) is 1. The Labute approximate surface area is 128 Å². The quantitative estimate of drug-likeness (QED) is 0.919. The predicted octanol–water partition coefficient (Wildman–Crippen LogP) is 3.45. The van der Waals surface area contributed by atoms with Crippen molar-refractivity contribution in [2.24, 2.45) is 5.73 Å². The van der Waals surface area contributed by atoms with Crippen LogP contribution >= 0.6 is 22.9 Å². The van der Waals surface area contributed by atoms with E-state index in [1.54, 1.807) is 4.90 Å². The first-order valence-corrected chi connectivity index (χ1v) is 7.64. The Hall–Kier alpha value is -1.36. The van der Waals surface area contributed by atoms with E-state index in [1.165, 1.54) is 11.3 Å². The number of amides is 1. The van der Waals surface area contributed by atoms with Crippen LogP contribution in [-0.2, 0) is 11.3 Å². The average Bonchev–Trinajstić information content (AvgIpc) is 2.89. The van der Waals surface area contributed by atoms with Crippen LogP contribution in [0, 0.1) is 0 Å². The van der Waals surface area contributed by atoms with Crippen molar-refractivity contribution in [3.05, 3.63) is 57.2 Å². The summed E-state index contributed by atoms with van der Waals surface area (Å²) in [5, 5.41) is 0. The van der Waals surface area contributed by atoms with Crippen LogP contribution in [-0.4, -0.2) is 17.4 Å². The van der Waals surface area contributed by atoms with Crippen molar-refractivity contribution < 1.29 is 4.79 Å². The standard InChI is InChI=1S/C15H17ClN2OS/c1-2-18(10-12-8-9-13(16)20-12)15(19)14(17)11-6-4-3-5-7-11/h3-9,14H,2,10,17H2,1H3. The lowest BCUT2D eigenvalue weighted by Crippen LogP contribution is -2.37. The van der Waals surface area contributed by atoms with Crippen LogP contribution in [0.1, 0.15) is 23.4 Å². The van der Waals surface area contributed by atoms with Crippen molar-refractivity contribution in [1.29, 1.82) is 0 Å². The molecule has 1 aromatic heterocycles. The van der Waals surface area contributed by atoms with E-state index in [9.17, 15) is 4.79 Å². The van der Waals surface area contributed by atoms with E-state index in [-0.39, 0.29) is 5.91 Å². The molecule has 20 heavy (non-hydrogen) atoms. The third-order valence-corrected chi connectivity index (χ3v) is 4.31. The zero-order chi connectivity index (χ0) is 14.5. The molecule has 0 aliphatic carbocycles. The van der Waals surface area contributed by atoms with Gasteiger partial charge in [-0.1, -0.05) is 41.9 Å². The van der Waals surface area contributed by atoms with Gasteiger partial charge in [-0.05, 0) is 24.6 Å². The second kappa shape index (κ2) is 6.88. The molecular weight excluding hydrogens is 292 g/mol. The second-order valence-electron chi connectivity index (χ2n) is 4.45. The molecule has 0 fully saturated rings. The predicted molar refractivity (Wildman–Crippen MR) is 83.8 cm³/mol. The third-order valence-electron chi connectivity index (χ3n) is 3.09. The number of carbonyl (C=O) groups is 1. The summed E-state index contributed by atoms with van der Waals surface area (Å²) in [5.74, 6) is -0.0665. The van der Waals surface area contributed by atoms with Crippen molar-refractivity contribution in [2.45, 2.75) is 19.5 Å². The zero-order valence-corrected chi connectivity index (χ0v) is 12.8. The molecule has 0 aliphatic rings. The second-order valence-corrected chi connectivity index (χ2v) is 6.25. The Morgan fingerprint density at radius 2 is 2.00 bits per heavy atom. The van der Waals surface area contributed by atoms with Crippen LogP contribution in [0.4, 0.5) is 0 Å². The maximum absolute atomic E-state index is 12.5. The Bertz CT molecular complexity index is 570. The highest BCUT2D eigenvalue weighted by Gasteiger charge is 2.21. The summed E-state index contributed by atoms with van der Waals surface area (Å²) in [4.78, 5) is 15.3. The molecule has 1 aromatic carbocycles. The minimum Gasteiger partial charge on any atom is -0.336 e. The van der Waals surface area contributed by atoms with E-state index in [4.69, 9.17) is 17.3 Å². The molecular formula is C15H17ClN2OS. The van der Waals surface area contributed by atoms with Crippen molar-refractivity contribution in [3.8, 4) is 0 Å². The largest absolute Gasteiger partial charge is 0.336 e. The van der Waals surface area contributed by atoms with Crippen molar-refractivity contribution >= 4 is 28.8 Å². The summed E-state index contributed by atoms with van der Waals surface area (Å²) in [7, 11) is 0. The van der Waals surface area contributed by atoms with Gasteiger partial charge in [0.05, 0.1) is 10.9 Å². The van der Waals surface area contributed by atoms with Gasteiger partial charge in [0.2, 0.25) is 5.91 Å². The number of carbonyl (C=O) groups excluding carboxylic acids is 1. The first-order chi connectivity index (χ1) is 9.61. The van der Waals surface area contributed by atoms with Gasteiger partial charge >= 0.3 is 0 Å². The number of hydrogen-bond acceptors (Lipinski definition) is 3. The van der Waals surface area contributed by atoms with Crippen LogP contribution in [0.5, 0.6) is 0 Å². The Morgan fingerprint density at radius 1 is 1.30 bits per heavy atom. The summed E-state index contributed by atoms with van der Waals surface area (Å²) in [6, 6.07) is 12.6. The summed E-state index contributed by atoms with van der Waals surface area (Å²) in [5.41, 5.74) is 6.89. The highest BCUT2D eigenvalue weighted by atomic mass is 35.5. The molecule has 0 saturated carbocycles. The smallest absolute Gasteiger partial charge is 0.244 e. The van der Waals surface area contributed by atoms with Crippen molar-refractivity contribution in [1.82, 2.24) is 4.90 Å². The zero-order valence-electron chi connectivity index (χ0n) is 11.3. The van der Waals surface area contributed by atoms with Gasteiger partial charge in [0.15, 0.2) is 0 Å². The molecule has 1 atom stereocenters. The summed E-state index contributed by atoms with van der Waals surface area (Å²) in [6.45, 7) is 3.12. The lowest BCUT2D eigenvalue weighted by atomic mass is 10.1. The molecule has 106 valence electrons. The van der Waals surface area contributed by atoms with E-state index >= 15 is 0 Å². The number of thiophene rings is 1. The summed E-state index contributed by atoms with van der Waals surface area (Å²) >= 11 is 7.40. The fraction of sp³-hybridized carbons (Fsp3) is 0.267. The van der Waals surface area contributed by atoms with E-state index in [2.05, 4.69) is 0 Å². The average molecular weight is 309 g/mol. The lowest BCUT2D eigenvalue weighted by molar-refractivity contribution is -0.133. The van der Waals surface area contributed by atoms with Crippen LogP contribution in [0.3, 0.4) is 0 Å². The van der Waals surface area contributed by atoms with E-state index < -0.39 is 6.04 Å². The number of halogens is 1. The number of hydrogen-bond donors (Lipinski definition) is 1. The molecule has 0 saturated heterocycles. The highest BCUT2D eigenvalue weighted by molar-refractivity contribution is 7.16. The van der Waals surface area contributed by atoms with Crippen LogP contribution in [0.25, 0.3) is 0 Å². The van der Waals surface area contributed by atoms with Gasteiger partial charge in [-0.25, -0.2) is 0 Å². The molecule has 0 radical (unpaired) electrons. The SMILES string of the molecule is CCN(Cc1ccc(Cl)s1)C(=O)C(N)c1ccccc1. The maximum Gasteiger partial charge on any atom is 0.244 e. The molecule has 2 rings (SSSR count). The molecule has 2 aromatic rings. The van der Waals surface area contributed by atoms with Gasteiger partial charge in [-0.3, -0.25) is 4.79 Å². The van der Waals surface area contributed by atoms with E-state index in [0.717, 1.165) is 14.8 Å². The third kappa shape index (κ3) is 3.60. The van der Waals surface area contributed by atoms with Gasteiger partial charge in [-0.15, -0.1) is 11.3 Å². The molecule has 2 N–H and O–H groups in total. The minimum atomic E-state index is -0.619. The number of benzene rings is 1. The van der Waals surface area contributed by atoms with Crippen molar-refractivity contribution in [2.75, 3.05) is 6.54 Å². The van der Waals surface area contributed by atoms with E-state index in [0.29, 0.717) is 13.1 Å². The van der Waals surface area contributed by atoms with Crippen LogP contribution in [0.15, 0.2) is 42.5 Å². The number of likely N-dealkylation sites (N-methyl/N-ethyl adjacent to an activating group) is 1. The fourth-order valence-corrected chi connectivity index (χ4v) is 3.07. The van der Waals surface area contributed by atoms with Crippen LogP contribution < -0.4 is 5.73 Å². The highest BCUT2D eigenvalue weighted by Crippen LogP contribution is 2.23. The molecule has 5 heteroatoms. The molecule has 0 spiro atoms. The normalized spacial score (nSPS) is 12.2. The summed E-state index contributed by atoms with van der Waals surface area (Å²) in [6.07, 6.45) is 0. The van der Waals surface area contributed by atoms with Crippen LogP contribution in [0.2, 0.25) is 4.34 Å². The number of nitrogens with zero attached hydrogens (tertiary/aromatic N) is 1. The van der Waals surface area contributed by atoms with Crippen molar-refractivity contribution in [3.63, 3.8) is 0 Å². The lowest BCUT2D eigenvalue weighted by Gasteiger charge is -2.24. The van der Waals surface area contributed by atoms with Gasteiger partial charge in [-0.2, -0.15) is 0 Å². The Morgan fingerprint density at radius 3 is 2.55 bits per heavy atom. The first kappa shape index (κ1) is 15.0. The minimum absolute atomic E-state index is 0.0665. The molecule has 1 amide bonds. The fourth-order valence-electron chi connectivity index (χ4n) is 1.97. The Kier molecular flexibility index (Phi) is 5.17. The van der Waals surface area contributed by atoms with E-state index in [1.807, 2.05) is 49.4 Å². The Balaban J connectivity index is 2.09. The summed E-state index contributed by atoms with van der Waals surface area (Å²) < 4.78 is 0.732. The number of rotatable bonds is 5. The first-order valence-electron chi connectivity index (χ1n) is 6.45. The molecule has 0 aliphatic heterocycles. The van der Waals surface area contributed by atoms with Gasteiger partial charge in [0.1, 0.15) is 6.04 Å². The topological polar surface area (TPSA) is 46.3 Å².